The van der Waals surface area contributed by atoms with Gasteiger partial charge in [0.2, 0.25) is 0 Å². The lowest BCUT2D eigenvalue weighted by atomic mass is 10.1. The molecule has 0 bridgehead atoms. The fourth-order valence-electron chi connectivity index (χ4n) is 2.89. The second kappa shape index (κ2) is 7.67. The maximum Gasteiger partial charge on any atom is 0.275 e. The SMILES string of the molecule is Cc1cc(C)c(Nc2cnc(C(=O)Nc3ccccc3C#N)cn2)c(C)c1. The molecule has 2 aromatic carbocycles. The number of para-hydroxylation sites is 1. The molecule has 3 rings (SSSR count). The molecule has 1 heterocycles. The van der Waals surface area contributed by atoms with Gasteiger partial charge in [-0.15, -0.1) is 0 Å². The van der Waals surface area contributed by atoms with Crippen LogP contribution in [0.5, 0.6) is 0 Å². The highest BCUT2D eigenvalue weighted by atomic mass is 16.1. The molecule has 1 aromatic heterocycles. The molecule has 6 nitrogen and oxygen atoms in total. The highest BCUT2D eigenvalue weighted by Gasteiger charge is 2.11. The summed E-state index contributed by atoms with van der Waals surface area (Å²) in [5, 5.41) is 15.0. The van der Waals surface area contributed by atoms with Crippen molar-refractivity contribution in [3.05, 3.63) is 76.7 Å². The number of carbonyl (C=O) groups excluding carboxylic acids is 1. The van der Waals surface area contributed by atoms with Crippen LogP contribution in [0.1, 0.15) is 32.7 Å². The monoisotopic (exact) mass is 357 g/mol. The molecule has 0 atom stereocenters. The smallest absolute Gasteiger partial charge is 0.275 e. The molecule has 1 amide bonds. The Morgan fingerprint density at radius 1 is 1.04 bits per heavy atom. The average molecular weight is 357 g/mol. The summed E-state index contributed by atoms with van der Waals surface area (Å²) in [6.45, 7) is 6.12. The highest BCUT2D eigenvalue weighted by Crippen LogP contribution is 2.24. The van der Waals surface area contributed by atoms with Crippen LogP contribution in [0, 0.1) is 32.1 Å². The fourth-order valence-corrected chi connectivity index (χ4v) is 2.89. The summed E-state index contributed by atoms with van der Waals surface area (Å²) in [6, 6.07) is 13.0. The molecule has 27 heavy (non-hydrogen) atoms. The van der Waals surface area contributed by atoms with Gasteiger partial charge in [0.1, 0.15) is 17.6 Å². The van der Waals surface area contributed by atoms with Crippen LogP contribution >= 0.6 is 0 Å². The van der Waals surface area contributed by atoms with Crippen LogP contribution in [0.4, 0.5) is 17.2 Å². The maximum absolute atomic E-state index is 12.4. The minimum atomic E-state index is -0.417. The largest absolute Gasteiger partial charge is 0.339 e. The molecule has 0 aliphatic rings. The molecule has 6 heteroatoms. The van der Waals surface area contributed by atoms with E-state index in [-0.39, 0.29) is 5.69 Å². The summed E-state index contributed by atoms with van der Waals surface area (Å²) >= 11 is 0. The van der Waals surface area contributed by atoms with Crippen molar-refractivity contribution < 1.29 is 4.79 Å². The van der Waals surface area contributed by atoms with Crippen LogP contribution in [0.25, 0.3) is 0 Å². The second-order valence-electron chi connectivity index (χ2n) is 6.30. The van der Waals surface area contributed by atoms with Gasteiger partial charge in [-0.25, -0.2) is 9.97 Å². The Hall–Kier alpha value is -3.72. The fraction of sp³-hybridized carbons (Fsp3) is 0.143. The Morgan fingerprint density at radius 2 is 1.74 bits per heavy atom. The molecule has 0 aliphatic carbocycles. The molecular weight excluding hydrogens is 338 g/mol. The molecule has 3 aromatic rings. The predicted octanol–water partition coefficient (Wildman–Crippen LogP) is 4.27. The molecule has 134 valence electrons. The zero-order chi connectivity index (χ0) is 19.4. The first kappa shape index (κ1) is 18.1. The van der Waals surface area contributed by atoms with E-state index in [1.165, 1.54) is 18.0 Å². The molecule has 2 N–H and O–H groups in total. The number of nitrogens with one attached hydrogen (secondary N) is 2. The molecular formula is C21H19N5O. The van der Waals surface area contributed by atoms with Crippen molar-refractivity contribution in [2.45, 2.75) is 20.8 Å². The highest BCUT2D eigenvalue weighted by molar-refractivity contribution is 6.03. The van der Waals surface area contributed by atoms with Crippen molar-refractivity contribution in [2.75, 3.05) is 10.6 Å². The van der Waals surface area contributed by atoms with E-state index in [9.17, 15) is 4.79 Å². The van der Waals surface area contributed by atoms with Crippen molar-refractivity contribution in [2.24, 2.45) is 0 Å². The number of amides is 1. The Kier molecular flexibility index (Phi) is 5.13. The molecule has 0 unspecified atom stereocenters. The first-order chi connectivity index (χ1) is 13.0. The summed E-state index contributed by atoms with van der Waals surface area (Å²) in [6.07, 6.45) is 2.93. The predicted molar refractivity (Wildman–Crippen MR) is 105 cm³/mol. The standard InChI is InChI=1S/C21H19N5O/c1-13-8-14(2)20(15(3)9-13)26-19-12-23-18(11-24-19)21(27)25-17-7-5-4-6-16(17)10-22/h4-9,11-12H,1-3H3,(H,24,26)(H,25,27). The number of nitrogens with zero attached hydrogens (tertiary/aromatic N) is 3. The third kappa shape index (κ3) is 4.10. The van der Waals surface area contributed by atoms with Gasteiger partial charge in [0.15, 0.2) is 0 Å². The number of rotatable bonds is 4. The van der Waals surface area contributed by atoms with Crippen LogP contribution in [-0.2, 0) is 0 Å². The number of benzene rings is 2. The number of anilines is 3. The van der Waals surface area contributed by atoms with Gasteiger partial charge < -0.3 is 10.6 Å². The first-order valence-electron chi connectivity index (χ1n) is 8.45. The summed E-state index contributed by atoms with van der Waals surface area (Å²) in [4.78, 5) is 20.8. The van der Waals surface area contributed by atoms with E-state index in [1.807, 2.05) is 19.9 Å². The summed E-state index contributed by atoms with van der Waals surface area (Å²) in [5.41, 5.74) is 5.42. The third-order valence-corrected chi connectivity index (χ3v) is 4.11. The molecule has 0 saturated heterocycles. The molecule has 0 aliphatic heterocycles. The zero-order valence-electron chi connectivity index (χ0n) is 15.4. The van der Waals surface area contributed by atoms with Crippen LogP contribution < -0.4 is 10.6 Å². The van der Waals surface area contributed by atoms with Crippen LogP contribution in [0.2, 0.25) is 0 Å². The number of hydrogen-bond acceptors (Lipinski definition) is 5. The van der Waals surface area contributed by atoms with E-state index in [2.05, 4.69) is 39.7 Å². The van der Waals surface area contributed by atoms with Gasteiger partial charge >= 0.3 is 0 Å². The molecule has 0 saturated carbocycles. The number of aryl methyl sites for hydroxylation is 3. The molecule has 0 fully saturated rings. The van der Waals surface area contributed by atoms with Crippen molar-refractivity contribution >= 4 is 23.1 Å². The zero-order valence-corrected chi connectivity index (χ0v) is 15.4. The summed E-state index contributed by atoms with van der Waals surface area (Å²) < 4.78 is 0. The lowest BCUT2D eigenvalue weighted by Crippen LogP contribution is -2.15. The van der Waals surface area contributed by atoms with Crippen LogP contribution in [-0.4, -0.2) is 15.9 Å². The normalized spacial score (nSPS) is 10.1. The average Bonchev–Trinajstić information content (AvgIpc) is 2.65. The van der Waals surface area contributed by atoms with E-state index in [4.69, 9.17) is 5.26 Å². The quantitative estimate of drug-likeness (QED) is 0.728. The Bertz CT molecular complexity index is 1010. The van der Waals surface area contributed by atoms with E-state index in [1.54, 1.807) is 24.3 Å². The second-order valence-corrected chi connectivity index (χ2v) is 6.30. The topological polar surface area (TPSA) is 90.7 Å². The van der Waals surface area contributed by atoms with Crippen LogP contribution in [0.15, 0.2) is 48.8 Å². The van der Waals surface area contributed by atoms with E-state index in [0.717, 1.165) is 16.8 Å². The van der Waals surface area contributed by atoms with Gasteiger partial charge in [-0.2, -0.15) is 5.26 Å². The van der Waals surface area contributed by atoms with E-state index >= 15 is 0 Å². The van der Waals surface area contributed by atoms with Gasteiger partial charge in [-0.05, 0) is 44.0 Å². The van der Waals surface area contributed by atoms with Crippen molar-refractivity contribution in [1.82, 2.24) is 9.97 Å². The van der Waals surface area contributed by atoms with Gasteiger partial charge in [0, 0.05) is 5.69 Å². The number of hydrogen-bond donors (Lipinski definition) is 2. The Morgan fingerprint density at radius 3 is 2.37 bits per heavy atom. The van der Waals surface area contributed by atoms with E-state index < -0.39 is 5.91 Å². The van der Waals surface area contributed by atoms with Crippen molar-refractivity contribution in [3.63, 3.8) is 0 Å². The Balaban J connectivity index is 1.76. The van der Waals surface area contributed by atoms with Gasteiger partial charge in [0.05, 0.1) is 23.6 Å². The number of aromatic nitrogens is 2. The number of nitriles is 1. The lowest BCUT2D eigenvalue weighted by molar-refractivity contribution is 0.102. The minimum absolute atomic E-state index is 0.172. The third-order valence-electron chi connectivity index (χ3n) is 4.11. The lowest BCUT2D eigenvalue weighted by Gasteiger charge is -2.13. The van der Waals surface area contributed by atoms with Gasteiger partial charge in [-0.1, -0.05) is 29.8 Å². The van der Waals surface area contributed by atoms with Gasteiger partial charge in [0.25, 0.3) is 5.91 Å². The van der Waals surface area contributed by atoms with Crippen molar-refractivity contribution in [1.29, 1.82) is 5.26 Å². The van der Waals surface area contributed by atoms with E-state index in [0.29, 0.717) is 17.1 Å². The number of carbonyl (C=O) groups is 1. The van der Waals surface area contributed by atoms with Gasteiger partial charge in [-0.3, -0.25) is 4.79 Å². The molecule has 0 spiro atoms. The Labute approximate surface area is 157 Å². The minimum Gasteiger partial charge on any atom is -0.339 e. The summed E-state index contributed by atoms with van der Waals surface area (Å²) in [5.74, 6) is 0.137. The van der Waals surface area contributed by atoms with Crippen LogP contribution in [0.3, 0.4) is 0 Å². The van der Waals surface area contributed by atoms with Crippen molar-refractivity contribution in [3.8, 4) is 6.07 Å². The first-order valence-corrected chi connectivity index (χ1v) is 8.45. The maximum atomic E-state index is 12.4. The summed E-state index contributed by atoms with van der Waals surface area (Å²) in [7, 11) is 0. The molecule has 0 radical (unpaired) electrons.